The number of likely N-dealkylation sites (N-methyl/N-ethyl adjacent to an activating group) is 1. The largest absolute Gasteiger partial charge is 0.356 e. The second-order valence-electron chi connectivity index (χ2n) is 3.41. The summed E-state index contributed by atoms with van der Waals surface area (Å²) in [4.78, 5) is 0. The molecule has 0 atom stereocenters. The predicted octanol–water partition coefficient (Wildman–Crippen LogP) is -0.970. The Labute approximate surface area is 73.3 Å². The molecule has 0 aromatic heterocycles. The van der Waals surface area contributed by atoms with Gasteiger partial charge in [-0.1, -0.05) is 0 Å². The molecule has 0 heterocycles. The van der Waals surface area contributed by atoms with Crippen LogP contribution in [0.15, 0.2) is 0 Å². The number of hydrazine groups is 1. The van der Waals surface area contributed by atoms with Crippen molar-refractivity contribution in [3.8, 4) is 0 Å². The standard InChI is InChI=1S/C6H16N4S/c1-10(2,3)5-4-8-6(11)9-7/h4-5,7H2,1-3H3,(H-,8,9,11)/p+1. The van der Waals surface area contributed by atoms with Gasteiger partial charge in [0.2, 0.25) is 0 Å². The Hall–Kier alpha value is -0.390. The number of nitrogens with one attached hydrogen (secondary N) is 2. The molecule has 0 bridgehead atoms. The topological polar surface area (TPSA) is 50.1 Å². The molecule has 0 rings (SSSR count). The SMILES string of the molecule is C[N+](C)(C)CCNC(=S)NN. The van der Waals surface area contributed by atoms with Crippen LogP contribution in [0, 0.1) is 0 Å². The normalized spacial score (nSPS) is 10.9. The smallest absolute Gasteiger partial charge is 0.180 e. The summed E-state index contributed by atoms with van der Waals surface area (Å²) in [5.74, 6) is 5.06. The van der Waals surface area contributed by atoms with Gasteiger partial charge in [-0.05, 0) is 12.2 Å². The average Bonchev–Trinajstić information content (AvgIpc) is 1.85. The van der Waals surface area contributed by atoms with Gasteiger partial charge in [0.15, 0.2) is 5.11 Å². The first-order valence-electron chi connectivity index (χ1n) is 3.50. The fraction of sp³-hybridized carbons (Fsp3) is 0.833. The molecule has 4 nitrogen and oxygen atoms in total. The molecular formula is C6H17N4S+. The lowest BCUT2D eigenvalue weighted by Crippen LogP contribution is -2.46. The summed E-state index contributed by atoms with van der Waals surface area (Å²) < 4.78 is 0.917. The van der Waals surface area contributed by atoms with Crippen molar-refractivity contribution in [1.29, 1.82) is 0 Å². The van der Waals surface area contributed by atoms with Crippen LogP contribution in [0.25, 0.3) is 0 Å². The molecule has 0 saturated carbocycles. The predicted molar refractivity (Wildman–Crippen MR) is 50.8 cm³/mol. The lowest BCUT2D eigenvalue weighted by molar-refractivity contribution is -0.869. The molecule has 5 heteroatoms. The zero-order valence-electron chi connectivity index (χ0n) is 7.35. The minimum Gasteiger partial charge on any atom is -0.356 e. The Morgan fingerprint density at radius 1 is 1.45 bits per heavy atom. The van der Waals surface area contributed by atoms with Gasteiger partial charge >= 0.3 is 0 Å². The van der Waals surface area contributed by atoms with Gasteiger partial charge in [0.05, 0.1) is 34.2 Å². The van der Waals surface area contributed by atoms with Crippen molar-refractivity contribution in [2.45, 2.75) is 0 Å². The van der Waals surface area contributed by atoms with Gasteiger partial charge in [0.1, 0.15) is 0 Å². The maximum absolute atomic E-state index is 5.06. The van der Waals surface area contributed by atoms with E-state index in [2.05, 4.69) is 31.9 Å². The Morgan fingerprint density at radius 2 is 2.00 bits per heavy atom. The quantitative estimate of drug-likeness (QED) is 0.225. The minimum absolute atomic E-state index is 0.499. The zero-order chi connectivity index (χ0) is 8.91. The van der Waals surface area contributed by atoms with Crippen molar-refractivity contribution in [3.63, 3.8) is 0 Å². The average molecular weight is 177 g/mol. The van der Waals surface area contributed by atoms with Crippen molar-refractivity contribution in [3.05, 3.63) is 0 Å². The lowest BCUT2D eigenvalue weighted by Gasteiger charge is -2.23. The van der Waals surface area contributed by atoms with Crippen LogP contribution in [0.3, 0.4) is 0 Å². The Kier molecular flexibility index (Phi) is 4.32. The fourth-order valence-electron chi connectivity index (χ4n) is 0.556. The monoisotopic (exact) mass is 177 g/mol. The van der Waals surface area contributed by atoms with E-state index < -0.39 is 0 Å². The third-order valence-electron chi connectivity index (χ3n) is 1.20. The van der Waals surface area contributed by atoms with Crippen molar-refractivity contribution in [1.82, 2.24) is 10.7 Å². The summed E-state index contributed by atoms with van der Waals surface area (Å²) in [7, 11) is 6.38. The molecule has 66 valence electrons. The second-order valence-corrected chi connectivity index (χ2v) is 3.82. The fourth-order valence-corrected chi connectivity index (χ4v) is 0.658. The number of nitrogens with two attached hydrogens (primary N) is 1. The maximum atomic E-state index is 5.06. The number of hydrogen-bond acceptors (Lipinski definition) is 2. The number of nitrogens with zero attached hydrogens (tertiary/aromatic N) is 1. The summed E-state index contributed by atoms with van der Waals surface area (Å²) in [6.45, 7) is 1.86. The summed E-state index contributed by atoms with van der Waals surface area (Å²) in [6.07, 6.45) is 0. The lowest BCUT2D eigenvalue weighted by atomic mass is 10.5. The molecule has 0 aliphatic carbocycles. The number of thiocarbonyl (C=S) groups is 1. The van der Waals surface area contributed by atoms with E-state index in [0.717, 1.165) is 17.6 Å². The van der Waals surface area contributed by atoms with E-state index >= 15 is 0 Å². The van der Waals surface area contributed by atoms with Crippen LogP contribution in [0.2, 0.25) is 0 Å². The van der Waals surface area contributed by atoms with Crippen LogP contribution < -0.4 is 16.6 Å². The molecule has 4 N–H and O–H groups in total. The van der Waals surface area contributed by atoms with Crippen molar-refractivity contribution in [2.24, 2.45) is 5.84 Å². The van der Waals surface area contributed by atoms with Gasteiger partial charge < -0.3 is 15.2 Å². The van der Waals surface area contributed by atoms with Gasteiger partial charge in [-0.3, -0.25) is 0 Å². The Bertz CT molecular complexity index is 129. The van der Waals surface area contributed by atoms with E-state index in [1.54, 1.807) is 0 Å². The van der Waals surface area contributed by atoms with E-state index in [9.17, 15) is 0 Å². The highest BCUT2D eigenvalue weighted by Crippen LogP contribution is 1.85. The third kappa shape index (κ3) is 7.51. The molecule has 0 aliphatic rings. The maximum Gasteiger partial charge on any atom is 0.180 e. The first kappa shape index (κ1) is 10.6. The molecular weight excluding hydrogens is 160 g/mol. The Morgan fingerprint density at radius 3 is 2.36 bits per heavy atom. The van der Waals surface area contributed by atoms with Crippen molar-refractivity contribution >= 4 is 17.3 Å². The van der Waals surface area contributed by atoms with Gasteiger partial charge in [-0.2, -0.15) is 0 Å². The number of rotatable bonds is 3. The van der Waals surface area contributed by atoms with Crippen LogP contribution in [-0.4, -0.2) is 43.8 Å². The third-order valence-corrected chi connectivity index (χ3v) is 1.46. The van der Waals surface area contributed by atoms with E-state index in [0.29, 0.717) is 5.11 Å². The summed E-state index contributed by atoms with van der Waals surface area (Å²) in [5.41, 5.74) is 2.36. The molecule has 0 aromatic carbocycles. The molecule has 0 spiro atoms. The second kappa shape index (κ2) is 4.48. The minimum atomic E-state index is 0.499. The summed E-state index contributed by atoms with van der Waals surface area (Å²) >= 11 is 4.79. The van der Waals surface area contributed by atoms with E-state index in [1.165, 1.54) is 0 Å². The molecule has 0 saturated heterocycles. The highest BCUT2D eigenvalue weighted by atomic mass is 32.1. The van der Waals surface area contributed by atoms with Crippen LogP contribution in [-0.2, 0) is 0 Å². The van der Waals surface area contributed by atoms with Gasteiger partial charge in [-0.25, -0.2) is 5.84 Å². The van der Waals surface area contributed by atoms with Crippen LogP contribution in [0.1, 0.15) is 0 Å². The number of hydrogen-bond donors (Lipinski definition) is 3. The molecule has 0 radical (unpaired) electrons. The molecule has 0 aromatic rings. The summed E-state index contributed by atoms with van der Waals surface area (Å²) in [5, 5.41) is 3.47. The highest BCUT2D eigenvalue weighted by molar-refractivity contribution is 7.80. The Balaban J connectivity index is 3.35. The van der Waals surface area contributed by atoms with Gasteiger partial charge in [0.25, 0.3) is 0 Å². The highest BCUT2D eigenvalue weighted by Gasteiger charge is 2.05. The van der Waals surface area contributed by atoms with Crippen LogP contribution >= 0.6 is 12.2 Å². The molecule has 11 heavy (non-hydrogen) atoms. The van der Waals surface area contributed by atoms with Crippen molar-refractivity contribution in [2.75, 3.05) is 34.2 Å². The molecule has 0 fully saturated rings. The van der Waals surface area contributed by atoms with E-state index in [4.69, 9.17) is 18.1 Å². The first-order valence-corrected chi connectivity index (χ1v) is 3.91. The van der Waals surface area contributed by atoms with E-state index in [1.807, 2.05) is 0 Å². The van der Waals surface area contributed by atoms with Gasteiger partial charge in [-0.15, -0.1) is 0 Å². The number of quaternary nitrogens is 1. The van der Waals surface area contributed by atoms with Crippen LogP contribution in [0.5, 0.6) is 0 Å². The van der Waals surface area contributed by atoms with Gasteiger partial charge in [0, 0.05) is 0 Å². The molecule has 0 amide bonds. The first-order chi connectivity index (χ1) is 4.95. The molecule has 0 aliphatic heterocycles. The van der Waals surface area contributed by atoms with Crippen molar-refractivity contribution < 1.29 is 4.48 Å². The summed E-state index contributed by atoms with van der Waals surface area (Å²) in [6, 6.07) is 0. The van der Waals surface area contributed by atoms with E-state index in [-0.39, 0.29) is 0 Å². The van der Waals surface area contributed by atoms with Crippen LogP contribution in [0.4, 0.5) is 0 Å². The zero-order valence-corrected chi connectivity index (χ0v) is 8.16. The molecule has 0 unspecified atom stereocenters.